The first-order valence-corrected chi connectivity index (χ1v) is 6.08. The van der Waals surface area contributed by atoms with Crippen molar-refractivity contribution in [2.24, 2.45) is 5.92 Å². The molecule has 2 N–H and O–H groups in total. The Kier molecular flexibility index (Phi) is 5.45. The lowest BCUT2D eigenvalue weighted by Crippen LogP contribution is -2.37. The first kappa shape index (κ1) is 14.0. The molecule has 0 bridgehead atoms. The number of hydrogen-bond acceptors (Lipinski definition) is 2. The van der Waals surface area contributed by atoms with E-state index in [1.807, 2.05) is 32.0 Å². The van der Waals surface area contributed by atoms with Gasteiger partial charge in [0.1, 0.15) is 6.04 Å². The summed E-state index contributed by atoms with van der Waals surface area (Å²) in [5, 5.41) is 12.8. The van der Waals surface area contributed by atoms with Gasteiger partial charge in [0, 0.05) is 11.6 Å². The summed E-state index contributed by atoms with van der Waals surface area (Å²) in [4.78, 5) is 11.0. The number of nitrogens with one attached hydrogen (secondary N) is 1. The summed E-state index contributed by atoms with van der Waals surface area (Å²) in [6.07, 6.45) is 0.611. The molecule has 3 nitrogen and oxygen atoms in total. The van der Waals surface area contributed by atoms with Gasteiger partial charge in [0.15, 0.2) is 0 Å². The molecule has 1 aromatic rings. The molecule has 17 heavy (non-hydrogen) atoms. The molecule has 1 aromatic carbocycles. The van der Waals surface area contributed by atoms with Crippen molar-refractivity contribution in [2.75, 3.05) is 0 Å². The minimum absolute atomic E-state index is 0.342. The van der Waals surface area contributed by atoms with E-state index in [0.717, 1.165) is 5.56 Å². The summed E-state index contributed by atoms with van der Waals surface area (Å²) >= 11 is 6.01. The zero-order valence-corrected chi connectivity index (χ0v) is 10.9. The van der Waals surface area contributed by atoms with Crippen molar-refractivity contribution in [3.05, 3.63) is 34.9 Å². The maximum atomic E-state index is 11.0. The highest BCUT2D eigenvalue weighted by Crippen LogP contribution is 2.15. The van der Waals surface area contributed by atoms with Gasteiger partial charge in [-0.1, -0.05) is 43.6 Å². The fourth-order valence-electron chi connectivity index (χ4n) is 1.62. The van der Waals surface area contributed by atoms with Crippen molar-refractivity contribution in [3.8, 4) is 0 Å². The smallest absolute Gasteiger partial charge is 0.320 e. The third-order valence-corrected chi connectivity index (χ3v) is 2.87. The number of benzene rings is 1. The van der Waals surface area contributed by atoms with Crippen LogP contribution in [-0.2, 0) is 11.3 Å². The molecule has 1 atom stereocenters. The molecule has 0 aromatic heterocycles. The highest BCUT2D eigenvalue weighted by Gasteiger charge is 2.18. The van der Waals surface area contributed by atoms with Crippen LogP contribution in [0.3, 0.4) is 0 Å². The van der Waals surface area contributed by atoms with Gasteiger partial charge in [-0.25, -0.2) is 0 Å². The zero-order valence-electron chi connectivity index (χ0n) is 10.1. The van der Waals surface area contributed by atoms with Crippen molar-refractivity contribution < 1.29 is 9.90 Å². The standard InChI is InChI=1S/C13H18ClNO2/c1-9(2)7-12(13(16)17)15-8-10-5-3-4-6-11(10)14/h3-6,9,12,15H,7-8H2,1-2H3,(H,16,17)/t12-/m0/s1. The Morgan fingerprint density at radius 3 is 2.59 bits per heavy atom. The van der Waals surface area contributed by atoms with Crippen LogP contribution in [0.4, 0.5) is 0 Å². The fraction of sp³-hybridized carbons (Fsp3) is 0.462. The first-order valence-electron chi connectivity index (χ1n) is 5.70. The lowest BCUT2D eigenvalue weighted by molar-refractivity contribution is -0.140. The Morgan fingerprint density at radius 2 is 2.06 bits per heavy atom. The summed E-state index contributed by atoms with van der Waals surface area (Å²) in [7, 11) is 0. The molecule has 94 valence electrons. The van der Waals surface area contributed by atoms with Gasteiger partial charge < -0.3 is 10.4 Å². The van der Waals surface area contributed by atoms with Crippen LogP contribution in [0.1, 0.15) is 25.8 Å². The Hall–Kier alpha value is -1.06. The van der Waals surface area contributed by atoms with Gasteiger partial charge in [-0.15, -0.1) is 0 Å². The van der Waals surface area contributed by atoms with Gasteiger partial charge in [0.25, 0.3) is 0 Å². The topological polar surface area (TPSA) is 49.3 Å². The molecule has 0 amide bonds. The maximum Gasteiger partial charge on any atom is 0.320 e. The lowest BCUT2D eigenvalue weighted by atomic mass is 10.0. The summed E-state index contributed by atoms with van der Waals surface area (Å²) in [6.45, 7) is 4.49. The van der Waals surface area contributed by atoms with E-state index in [0.29, 0.717) is 23.9 Å². The van der Waals surface area contributed by atoms with Crippen LogP contribution < -0.4 is 5.32 Å². The van der Waals surface area contributed by atoms with Crippen molar-refractivity contribution in [1.29, 1.82) is 0 Å². The van der Waals surface area contributed by atoms with Crippen molar-refractivity contribution in [3.63, 3.8) is 0 Å². The third kappa shape index (κ3) is 4.75. The minimum Gasteiger partial charge on any atom is -0.480 e. The van der Waals surface area contributed by atoms with E-state index < -0.39 is 12.0 Å². The Balaban J connectivity index is 2.58. The lowest BCUT2D eigenvalue weighted by Gasteiger charge is -2.16. The average molecular weight is 256 g/mol. The number of hydrogen-bond donors (Lipinski definition) is 2. The van der Waals surface area contributed by atoms with Crippen molar-refractivity contribution >= 4 is 17.6 Å². The van der Waals surface area contributed by atoms with Crippen LogP contribution in [0, 0.1) is 5.92 Å². The molecule has 0 radical (unpaired) electrons. The van der Waals surface area contributed by atoms with Crippen molar-refractivity contribution in [1.82, 2.24) is 5.32 Å². The molecule has 0 saturated heterocycles. The van der Waals surface area contributed by atoms with Gasteiger partial charge >= 0.3 is 5.97 Å². The van der Waals surface area contributed by atoms with E-state index in [2.05, 4.69) is 5.32 Å². The largest absolute Gasteiger partial charge is 0.480 e. The molecule has 0 aliphatic heterocycles. The van der Waals surface area contributed by atoms with Crippen LogP contribution in [0.15, 0.2) is 24.3 Å². The SMILES string of the molecule is CC(C)C[C@H](NCc1ccccc1Cl)C(=O)O. The summed E-state index contributed by atoms with van der Waals surface area (Å²) in [6, 6.07) is 6.92. The normalized spacial score (nSPS) is 12.7. The van der Waals surface area contributed by atoms with E-state index in [4.69, 9.17) is 16.7 Å². The molecule has 0 aliphatic carbocycles. The molecule has 0 unspecified atom stereocenters. The van der Waals surface area contributed by atoms with E-state index in [1.54, 1.807) is 6.07 Å². The van der Waals surface area contributed by atoms with Gasteiger partial charge in [-0.2, -0.15) is 0 Å². The highest BCUT2D eigenvalue weighted by molar-refractivity contribution is 6.31. The second-order valence-corrected chi connectivity index (χ2v) is 4.90. The molecule has 0 spiro atoms. The van der Waals surface area contributed by atoms with E-state index in [1.165, 1.54) is 0 Å². The van der Waals surface area contributed by atoms with E-state index in [9.17, 15) is 4.79 Å². The van der Waals surface area contributed by atoms with Crippen LogP contribution in [0.2, 0.25) is 5.02 Å². The quantitative estimate of drug-likeness (QED) is 0.822. The Bertz CT molecular complexity index is 379. The second kappa shape index (κ2) is 6.62. The van der Waals surface area contributed by atoms with E-state index >= 15 is 0 Å². The van der Waals surface area contributed by atoms with Crippen LogP contribution >= 0.6 is 11.6 Å². The van der Waals surface area contributed by atoms with Crippen LogP contribution in [0.25, 0.3) is 0 Å². The van der Waals surface area contributed by atoms with Gasteiger partial charge in [0.05, 0.1) is 0 Å². The monoisotopic (exact) mass is 255 g/mol. The summed E-state index contributed by atoms with van der Waals surface area (Å²) in [5.74, 6) is -0.472. The first-order chi connectivity index (χ1) is 8.00. The van der Waals surface area contributed by atoms with E-state index in [-0.39, 0.29) is 0 Å². The number of carboxylic acid groups (broad SMARTS) is 1. The molecular formula is C13H18ClNO2. The number of halogens is 1. The number of carbonyl (C=O) groups is 1. The zero-order chi connectivity index (χ0) is 12.8. The summed E-state index contributed by atoms with van der Waals surface area (Å²) in [5.41, 5.74) is 0.921. The highest BCUT2D eigenvalue weighted by atomic mass is 35.5. The molecule has 0 saturated carbocycles. The Labute approximate surface area is 107 Å². The molecule has 0 fully saturated rings. The fourth-order valence-corrected chi connectivity index (χ4v) is 1.82. The number of rotatable bonds is 6. The molecule has 0 heterocycles. The molecule has 1 rings (SSSR count). The molecular weight excluding hydrogens is 238 g/mol. The second-order valence-electron chi connectivity index (χ2n) is 4.49. The van der Waals surface area contributed by atoms with Crippen LogP contribution in [0.5, 0.6) is 0 Å². The third-order valence-electron chi connectivity index (χ3n) is 2.50. The predicted octanol–water partition coefficient (Wildman–Crippen LogP) is 2.93. The summed E-state index contributed by atoms with van der Waals surface area (Å²) < 4.78 is 0. The number of aliphatic carboxylic acids is 1. The predicted molar refractivity (Wildman–Crippen MR) is 69.2 cm³/mol. The Morgan fingerprint density at radius 1 is 1.41 bits per heavy atom. The van der Waals surface area contributed by atoms with Gasteiger partial charge in [-0.3, -0.25) is 4.79 Å². The molecule has 4 heteroatoms. The number of carboxylic acids is 1. The maximum absolute atomic E-state index is 11.0. The minimum atomic E-state index is -0.814. The molecule has 0 aliphatic rings. The van der Waals surface area contributed by atoms with Gasteiger partial charge in [-0.05, 0) is 24.0 Å². The van der Waals surface area contributed by atoms with Crippen LogP contribution in [-0.4, -0.2) is 17.1 Å². The van der Waals surface area contributed by atoms with Crippen molar-refractivity contribution in [2.45, 2.75) is 32.9 Å². The average Bonchev–Trinajstić information content (AvgIpc) is 2.25. The van der Waals surface area contributed by atoms with Gasteiger partial charge in [0.2, 0.25) is 0 Å².